The van der Waals surface area contributed by atoms with E-state index >= 15 is 0 Å². The average Bonchev–Trinajstić information content (AvgIpc) is 3.12. The molecule has 2 aromatic rings. The summed E-state index contributed by atoms with van der Waals surface area (Å²) in [4.78, 5) is 17.5. The third-order valence-electron chi connectivity index (χ3n) is 5.23. The van der Waals surface area contributed by atoms with Crippen molar-refractivity contribution in [1.29, 1.82) is 0 Å². The lowest BCUT2D eigenvalue weighted by Gasteiger charge is -2.38. The van der Waals surface area contributed by atoms with Crippen LogP contribution in [0.15, 0.2) is 36.9 Å². The van der Waals surface area contributed by atoms with Crippen molar-refractivity contribution in [2.45, 2.75) is 19.3 Å². The summed E-state index contributed by atoms with van der Waals surface area (Å²) in [5.74, 6) is 0.990. The summed E-state index contributed by atoms with van der Waals surface area (Å²) < 4.78 is 1.79. The van der Waals surface area contributed by atoms with E-state index in [1.807, 2.05) is 29.2 Å². The average molecular weight is 325 g/mol. The molecule has 2 aliphatic rings. The molecule has 0 atom stereocenters. The van der Waals surface area contributed by atoms with E-state index in [1.54, 1.807) is 17.2 Å². The topological polar surface area (TPSA) is 54.3 Å². The fourth-order valence-electron chi connectivity index (χ4n) is 3.55. The lowest BCUT2D eigenvalue weighted by atomic mass is 9.85. The van der Waals surface area contributed by atoms with Crippen LogP contribution >= 0.6 is 0 Å². The van der Waals surface area contributed by atoms with Gasteiger partial charge in [-0.2, -0.15) is 0 Å². The Balaban J connectivity index is 1.43. The largest absolute Gasteiger partial charge is 0.336 e. The molecule has 6 heteroatoms. The minimum absolute atomic E-state index is 0.0996. The highest BCUT2D eigenvalue weighted by atomic mass is 16.2. The Morgan fingerprint density at radius 1 is 1.04 bits per heavy atom. The van der Waals surface area contributed by atoms with E-state index in [2.05, 4.69) is 15.1 Å². The van der Waals surface area contributed by atoms with Gasteiger partial charge in [-0.25, -0.2) is 0 Å². The van der Waals surface area contributed by atoms with E-state index < -0.39 is 0 Å². The Morgan fingerprint density at radius 3 is 2.42 bits per heavy atom. The lowest BCUT2D eigenvalue weighted by Crippen LogP contribution is -2.50. The van der Waals surface area contributed by atoms with Gasteiger partial charge in [0.05, 0.1) is 11.3 Å². The van der Waals surface area contributed by atoms with Gasteiger partial charge in [-0.3, -0.25) is 14.3 Å². The Hall–Kier alpha value is -2.21. The van der Waals surface area contributed by atoms with Crippen molar-refractivity contribution < 1.29 is 4.79 Å². The van der Waals surface area contributed by atoms with Crippen molar-refractivity contribution in [3.63, 3.8) is 0 Å². The molecule has 126 valence electrons. The van der Waals surface area contributed by atoms with Crippen LogP contribution in [0.4, 0.5) is 0 Å². The standard InChI is InChI=1S/C18H23N5O/c24-18(16-6-1-2-7-17(16)23-13-19-20-14-23)22-10-8-21(9-11-22)12-15-4-3-5-15/h1-2,6-7,13-15H,3-5,8-12H2. The van der Waals surface area contributed by atoms with Gasteiger partial charge < -0.3 is 4.90 Å². The van der Waals surface area contributed by atoms with Gasteiger partial charge in [-0.15, -0.1) is 10.2 Å². The SMILES string of the molecule is O=C(c1ccccc1-n1cnnc1)N1CCN(CC2CCC2)CC1. The summed E-state index contributed by atoms with van der Waals surface area (Å²) in [5.41, 5.74) is 1.55. The highest BCUT2D eigenvalue weighted by molar-refractivity contribution is 5.97. The highest BCUT2D eigenvalue weighted by Gasteiger charge is 2.26. The number of carbonyl (C=O) groups excluding carboxylic acids is 1. The molecule has 2 heterocycles. The first-order valence-corrected chi connectivity index (χ1v) is 8.77. The zero-order valence-corrected chi connectivity index (χ0v) is 13.8. The molecule has 0 bridgehead atoms. The number of para-hydroxylation sites is 1. The minimum Gasteiger partial charge on any atom is -0.336 e. The second-order valence-corrected chi connectivity index (χ2v) is 6.78. The van der Waals surface area contributed by atoms with Crippen LogP contribution in [0.1, 0.15) is 29.6 Å². The summed E-state index contributed by atoms with van der Waals surface area (Å²) >= 11 is 0. The quantitative estimate of drug-likeness (QED) is 0.860. The number of nitrogens with zero attached hydrogens (tertiary/aromatic N) is 5. The zero-order chi connectivity index (χ0) is 16.4. The Labute approximate surface area is 142 Å². The van der Waals surface area contributed by atoms with E-state index in [9.17, 15) is 4.79 Å². The fraction of sp³-hybridized carbons (Fsp3) is 0.500. The summed E-state index contributed by atoms with van der Waals surface area (Å²) in [7, 11) is 0. The van der Waals surface area contributed by atoms with Crippen LogP contribution in [-0.2, 0) is 0 Å². The predicted octanol–water partition coefficient (Wildman–Crippen LogP) is 1.83. The smallest absolute Gasteiger partial charge is 0.256 e. The maximum atomic E-state index is 13.0. The Morgan fingerprint density at radius 2 is 1.75 bits per heavy atom. The molecule has 0 N–H and O–H groups in total. The Bertz CT molecular complexity index is 687. The second-order valence-electron chi connectivity index (χ2n) is 6.78. The number of piperazine rings is 1. The molecular formula is C18H23N5O. The maximum Gasteiger partial charge on any atom is 0.256 e. The molecule has 0 radical (unpaired) electrons. The van der Waals surface area contributed by atoms with Crippen molar-refractivity contribution in [2.24, 2.45) is 5.92 Å². The molecule has 1 amide bonds. The molecule has 6 nitrogen and oxygen atoms in total. The maximum absolute atomic E-state index is 13.0. The molecule has 1 aromatic carbocycles. The first kappa shape index (κ1) is 15.3. The Kier molecular flexibility index (Phi) is 4.30. The van der Waals surface area contributed by atoms with Gasteiger partial charge in [0.25, 0.3) is 5.91 Å². The minimum atomic E-state index is 0.0996. The van der Waals surface area contributed by atoms with Crippen molar-refractivity contribution in [3.8, 4) is 5.69 Å². The van der Waals surface area contributed by atoms with Crippen molar-refractivity contribution >= 4 is 5.91 Å². The molecule has 1 aliphatic heterocycles. The van der Waals surface area contributed by atoms with Crippen LogP contribution in [0, 0.1) is 5.92 Å². The van der Waals surface area contributed by atoms with Crippen molar-refractivity contribution in [2.75, 3.05) is 32.7 Å². The summed E-state index contributed by atoms with van der Waals surface area (Å²) in [5, 5.41) is 7.69. The number of benzene rings is 1. The first-order chi connectivity index (χ1) is 11.8. The molecular weight excluding hydrogens is 302 g/mol. The monoisotopic (exact) mass is 325 g/mol. The van der Waals surface area contributed by atoms with Gasteiger partial charge >= 0.3 is 0 Å². The van der Waals surface area contributed by atoms with E-state index in [0.29, 0.717) is 5.56 Å². The van der Waals surface area contributed by atoms with Gasteiger partial charge in [0.1, 0.15) is 12.7 Å². The molecule has 0 spiro atoms. The van der Waals surface area contributed by atoms with Crippen molar-refractivity contribution in [3.05, 3.63) is 42.5 Å². The van der Waals surface area contributed by atoms with Crippen molar-refractivity contribution in [1.82, 2.24) is 24.6 Å². The number of aromatic nitrogens is 3. The number of rotatable bonds is 4. The van der Waals surface area contributed by atoms with E-state index in [0.717, 1.165) is 37.8 Å². The summed E-state index contributed by atoms with van der Waals surface area (Å²) in [6, 6.07) is 7.67. The first-order valence-electron chi connectivity index (χ1n) is 8.77. The number of amides is 1. The van der Waals surface area contributed by atoms with E-state index in [4.69, 9.17) is 0 Å². The molecule has 2 fully saturated rings. The molecule has 0 unspecified atom stereocenters. The fourth-order valence-corrected chi connectivity index (χ4v) is 3.55. The third kappa shape index (κ3) is 3.06. The van der Waals surface area contributed by atoms with Gasteiger partial charge in [0, 0.05) is 32.7 Å². The molecule has 1 aromatic heterocycles. The second kappa shape index (κ2) is 6.73. The summed E-state index contributed by atoms with van der Waals surface area (Å²) in [6.07, 6.45) is 7.41. The molecule has 24 heavy (non-hydrogen) atoms. The zero-order valence-electron chi connectivity index (χ0n) is 13.8. The highest BCUT2D eigenvalue weighted by Crippen LogP contribution is 2.27. The lowest BCUT2D eigenvalue weighted by molar-refractivity contribution is 0.0591. The normalized spacial score (nSPS) is 19.2. The molecule has 4 rings (SSSR count). The molecule has 1 saturated carbocycles. The van der Waals surface area contributed by atoms with Crippen LogP contribution < -0.4 is 0 Å². The van der Waals surface area contributed by atoms with Crippen LogP contribution in [0.25, 0.3) is 5.69 Å². The van der Waals surface area contributed by atoms with Crippen LogP contribution in [0.2, 0.25) is 0 Å². The van der Waals surface area contributed by atoms with Gasteiger partial charge in [0.15, 0.2) is 0 Å². The van der Waals surface area contributed by atoms with Crippen LogP contribution in [-0.4, -0.2) is 63.2 Å². The van der Waals surface area contributed by atoms with E-state index in [1.165, 1.54) is 25.8 Å². The molecule has 1 saturated heterocycles. The number of carbonyl (C=O) groups is 1. The van der Waals surface area contributed by atoms with Gasteiger partial charge in [0.2, 0.25) is 0 Å². The van der Waals surface area contributed by atoms with Crippen LogP contribution in [0.3, 0.4) is 0 Å². The van der Waals surface area contributed by atoms with E-state index in [-0.39, 0.29) is 5.91 Å². The third-order valence-corrected chi connectivity index (χ3v) is 5.23. The predicted molar refractivity (Wildman–Crippen MR) is 91.0 cm³/mol. The molecule has 1 aliphatic carbocycles. The summed E-state index contributed by atoms with van der Waals surface area (Å²) in [6.45, 7) is 4.79. The van der Waals surface area contributed by atoms with Gasteiger partial charge in [-0.05, 0) is 30.9 Å². The van der Waals surface area contributed by atoms with Crippen LogP contribution in [0.5, 0.6) is 0 Å². The van der Waals surface area contributed by atoms with Gasteiger partial charge in [-0.1, -0.05) is 18.6 Å². The number of hydrogen-bond acceptors (Lipinski definition) is 4. The number of hydrogen-bond donors (Lipinski definition) is 0.